The Kier molecular flexibility index (Phi) is 8.75. The van der Waals surface area contributed by atoms with Gasteiger partial charge >= 0.3 is 0 Å². The molecule has 2 N–H and O–H groups in total. The first-order valence-electron chi connectivity index (χ1n) is 11.4. The van der Waals surface area contributed by atoms with E-state index < -0.39 is 0 Å². The van der Waals surface area contributed by atoms with Crippen LogP contribution in [-0.4, -0.2) is 42.0 Å². The molecule has 30 heavy (non-hydrogen) atoms. The highest BCUT2D eigenvalue weighted by molar-refractivity contribution is 5.79. The predicted octanol–water partition coefficient (Wildman–Crippen LogP) is 3.97. The van der Waals surface area contributed by atoms with Crippen molar-refractivity contribution in [3.05, 3.63) is 53.9 Å². The highest BCUT2D eigenvalue weighted by atomic mass is 16.5. The molecule has 0 unspecified atom stereocenters. The summed E-state index contributed by atoms with van der Waals surface area (Å²) in [6.45, 7) is 9.04. The van der Waals surface area contributed by atoms with E-state index in [2.05, 4.69) is 60.0 Å². The fourth-order valence-corrected chi connectivity index (χ4v) is 4.20. The van der Waals surface area contributed by atoms with Crippen LogP contribution in [0.2, 0.25) is 0 Å². The van der Waals surface area contributed by atoms with Crippen LogP contribution in [0, 0.1) is 5.41 Å². The molecule has 1 aliphatic rings. The molecule has 0 amide bonds. The minimum absolute atomic E-state index is 0.339. The number of benzene rings is 1. The lowest BCUT2D eigenvalue weighted by atomic mass is 9.83. The number of aliphatic imine (C=N–C) groups is 1. The number of ether oxygens (including phenoxy) is 1. The summed E-state index contributed by atoms with van der Waals surface area (Å²) in [4.78, 5) is 4.80. The summed E-state index contributed by atoms with van der Waals surface area (Å²) >= 11 is 0. The second-order valence-electron chi connectivity index (χ2n) is 8.23. The van der Waals surface area contributed by atoms with Gasteiger partial charge in [0.1, 0.15) is 0 Å². The molecule has 3 rings (SSSR count). The van der Waals surface area contributed by atoms with E-state index in [1.807, 2.05) is 16.9 Å². The van der Waals surface area contributed by atoms with Crippen LogP contribution in [0.5, 0.6) is 0 Å². The van der Waals surface area contributed by atoms with Crippen LogP contribution in [0.3, 0.4) is 0 Å². The monoisotopic (exact) mass is 411 g/mol. The topological polar surface area (TPSA) is 63.5 Å². The minimum Gasteiger partial charge on any atom is -0.382 e. The second-order valence-corrected chi connectivity index (χ2v) is 8.23. The Morgan fingerprint density at radius 3 is 2.67 bits per heavy atom. The Morgan fingerprint density at radius 1 is 1.13 bits per heavy atom. The molecule has 1 heterocycles. The summed E-state index contributed by atoms with van der Waals surface area (Å²) in [5.74, 6) is 0.885. The standard InChI is InChI=1S/C24H37N5O/c1-3-25-23(27-20-24(12-8-9-13-24)14-15-30-4-2)26-16-22-17-28-29(19-22)18-21-10-6-5-7-11-21/h5-7,10-11,17,19H,3-4,8-9,12-16,18,20H2,1-2H3,(H2,25,26,27). The van der Waals surface area contributed by atoms with Crippen LogP contribution in [0.1, 0.15) is 57.1 Å². The van der Waals surface area contributed by atoms with Gasteiger partial charge in [-0.3, -0.25) is 4.68 Å². The van der Waals surface area contributed by atoms with Crippen molar-refractivity contribution in [3.63, 3.8) is 0 Å². The van der Waals surface area contributed by atoms with Gasteiger partial charge in [0.2, 0.25) is 0 Å². The molecule has 1 aromatic heterocycles. The van der Waals surface area contributed by atoms with Crippen molar-refractivity contribution in [2.45, 2.75) is 59.0 Å². The van der Waals surface area contributed by atoms with Crippen LogP contribution in [-0.2, 0) is 17.8 Å². The van der Waals surface area contributed by atoms with E-state index >= 15 is 0 Å². The largest absolute Gasteiger partial charge is 0.382 e. The molecule has 1 fully saturated rings. The number of nitrogens with zero attached hydrogens (tertiary/aromatic N) is 3. The number of nitrogens with one attached hydrogen (secondary N) is 2. The molecule has 0 aliphatic heterocycles. The SMILES string of the molecule is CCNC(=NCc1cnn(Cc2ccccc2)c1)NCC1(CCOCC)CCCC1. The summed E-state index contributed by atoms with van der Waals surface area (Å²) < 4.78 is 7.62. The van der Waals surface area contributed by atoms with E-state index in [1.54, 1.807) is 0 Å². The Hall–Kier alpha value is -2.34. The van der Waals surface area contributed by atoms with E-state index in [0.717, 1.165) is 50.8 Å². The molecule has 0 radical (unpaired) electrons. The predicted molar refractivity (Wildman–Crippen MR) is 123 cm³/mol. The average Bonchev–Trinajstić information content (AvgIpc) is 3.41. The van der Waals surface area contributed by atoms with Crippen molar-refractivity contribution < 1.29 is 4.74 Å². The van der Waals surface area contributed by atoms with Gasteiger partial charge in [0.05, 0.1) is 19.3 Å². The molecule has 6 nitrogen and oxygen atoms in total. The van der Waals surface area contributed by atoms with Crippen LogP contribution in [0.25, 0.3) is 0 Å². The van der Waals surface area contributed by atoms with E-state index in [0.29, 0.717) is 12.0 Å². The highest BCUT2D eigenvalue weighted by Crippen LogP contribution is 2.40. The van der Waals surface area contributed by atoms with Gasteiger partial charge in [-0.05, 0) is 44.1 Å². The van der Waals surface area contributed by atoms with Crippen molar-refractivity contribution in [1.29, 1.82) is 0 Å². The van der Waals surface area contributed by atoms with E-state index in [1.165, 1.54) is 31.2 Å². The second kappa shape index (κ2) is 11.7. The van der Waals surface area contributed by atoms with E-state index in [9.17, 15) is 0 Å². The third kappa shape index (κ3) is 6.87. The molecule has 164 valence electrons. The zero-order chi connectivity index (χ0) is 21.1. The Labute approximate surface area is 181 Å². The van der Waals surface area contributed by atoms with Crippen LogP contribution in [0.4, 0.5) is 0 Å². The van der Waals surface area contributed by atoms with E-state index in [-0.39, 0.29) is 0 Å². The maximum atomic E-state index is 5.64. The van der Waals surface area contributed by atoms with Gasteiger partial charge in [-0.1, -0.05) is 43.2 Å². The molecule has 1 saturated carbocycles. The number of guanidine groups is 1. The Bertz CT molecular complexity index is 765. The molecular formula is C24H37N5O. The normalized spacial score (nSPS) is 16.0. The number of rotatable bonds is 11. The summed E-state index contributed by atoms with van der Waals surface area (Å²) in [6, 6.07) is 10.4. The van der Waals surface area contributed by atoms with Gasteiger partial charge in [0, 0.05) is 38.1 Å². The smallest absolute Gasteiger partial charge is 0.191 e. The van der Waals surface area contributed by atoms with Gasteiger partial charge in [0.15, 0.2) is 5.96 Å². The van der Waals surface area contributed by atoms with Crippen LogP contribution in [0.15, 0.2) is 47.7 Å². The van der Waals surface area contributed by atoms with Crippen molar-refractivity contribution in [2.24, 2.45) is 10.4 Å². The quantitative estimate of drug-likeness (QED) is 0.334. The maximum absolute atomic E-state index is 5.64. The fourth-order valence-electron chi connectivity index (χ4n) is 4.20. The molecule has 0 saturated heterocycles. The highest BCUT2D eigenvalue weighted by Gasteiger charge is 2.33. The van der Waals surface area contributed by atoms with Crippen LogP contribution >= 0.6 is 0 Å². The summed E-state index contributed by atoms with van der Waals surface area (Å²) in [5.41, 5.74) is 2.71. The van der Waals surface area contributed by atoms with Gasteiger partial charge in [-0.2, -0.15) is 5.10 Å². The molecule has 1 aliphatic carbocycles. The third-order valence-corrected chi connectivity index (χ3v) is 5.91. The molecule has 0 spiro atoms. The lowest BCUT2D eigenvalue weighted by molar-refractivity contribution is 0.105. The Morgan fingerprint density at radius 2 is 1.93 bits per heavy atom. The summed E-state index contributed by atoms with van der Waals surface area (Å²) in [7, 11) is 0. The maximum Gasteiger partial charge on any atom is 0.191 e. The molecule has 0 atom stereocenters. The first-order valence-corrected chi connectivity index (χ1v) is 11.4. The Balaban J connectivity index is 1.55. The van der Waals surface area contributed by atoms with Crippen LogP contribution < -0.4 is 10.6 Å². The zero-order valence-electron chi connectivity index (χ0n) is 18.6. The zero-order valence-corrected chi connectivity index (χ0v) is 18.6. The van der Waals surface area contributed by atoms with Crippen molar-refractivity contribution in [2.75, 3.05) is 26.3 Å². The molecule has 6 heteroatoms. The molecular weight excluding hydrogens is 374 g/mol. The molecule has 2 aromatic rings. The summed E-state index contributed by atoms with van der Waals surface area (Å²) in [6.07, 6.45) is 10.3. The van der Waals surface area contributed by atoms with Crippen molar-refractivity contribution >= 4 is 5.96 Å². The first kappa shape index (κ1) is 22.3. The van der Waals surface area contributed by atoms with Gasteiger partial charge in [-0.25, -0.2) is 4.99 Å². The lowest BCUT2D eigenvalue weighted by Gasteiger charge is -2.30. The van der Waals surface area contributed by atoms with Gasteiger partial charge in [-0.15, -0.1) is 0 Å². The number of aromatic nitrogens is 2. The van der Waals surface area contributed by atoms with Gasteiger partial charge < -0.3 is 15.4 Å². The summed E-state index contributed by atoms with van der Waals surface area (Å²) in [5, 5.41) is 11.5. The number of hydrogen-bond acceptors (Lipinski definition) is 3. The number of hydrogen-bond donors (Lipinski definition) is 2. The minimum atomic E-state index is 0.339. The van der Waals surface area contributed by atoms with Crippen molar-refractivity contribution in [1.82, 2.24) is 20.4 Å². The molecule has 1 aromatic carbocycles. The molecule has 0 bridgehead atoms. The fraction of sp³-hybridized carbons (Fsp3) is 0.583. The third-order valence-electron chi connectivity index (χ3n) is 5.91. The van der Waals surface area contributed by atoms with E-state index in [4.69, 9.17) is 9.73 Å². The first-order chi connectivity index (χ1) is 14.7. The van der Waals surface area contributed by atoms with Gasteiger partial charge in [0.25, 0.3) is 0 Å². The average molecular weight is 412 g/mol. The lowest BCUT2D eigenvalue weighted by Crippen LogP contribution is -2.43. The van der Waals surface area contributed by atoms with Crippen molar-refractivity contribution in [3.8, 4) is 0 Å².